The van der Waals surface area contributed by atoms with Gasteiger partial charge in [0.05, 0.1) is 15.8 Å². The molecule has 0 radical (unpaired) electrons. The summed E-state index contributed by atoms with van der Waals surface area (Å²) in [4.78, 5) is 0. The molecule has 0 unspecified atom stereocenters. The first-order valence-electron chi connectivity index (χ1n) is 5.56. The number of hydrogen-bond donors (Lipinski definition) is 1. The molecule has 7 heteroatoms. The maximum atomic E-state index is 12.0. The maximum Gasteiger partial charge on any atom is 0.236 e. The Morgan fingerprint density at radius 2 is 1.70 bits per heavy atom. The van der Waals surface area contributed by atoms with Crippen LogP contribution in [0.15, 0.2) is 42.5 Å². The highest BCUT2D eigenvalue weighted by Crippen LogP contribution is 2.24. The lowest BCUT2D eigenvalue weighted by Crippen LogP contribution is -2.15. The number of halogens is 3. The van der Waals surface area contributed by atoms with Gasteiger partial charge in [-0.05, 0) is 35.9 Å². The van der Waals surface area contributed by atoms with Crippen molar-refractivity contribution in [2.75, 3.05) is 4.72 Å². The molecule has 0 bridgehead atoms. The molecule has 0 aromatic heterocycles. The second-order valence-corrected chi connectivity index (χ2v) is 7.09. The summed E-state index contributed by atoms with van der Waals surface area (Å²) >= 11 is 17.5. The average Bonchev–Trinajstić information content (AvgIpc) is 2.33. The van der Waals surface area contributed by atoms with Gasteiger partial charge in [0.15, 0.2) is 0 Å². The summed E-state index contributed by atoms with van der Waals surface area (Å²) < 4.78 is 26.5. The maximum absolute atomic E-state index is 12.0. The molecule has 2 aromatic carbocycles. The highest BCUT2D eigenvalue weighted by atomic mass is 35.5. The van der Waals surface area contributed by atoms with E-state index >= 15 is 0 Å². The standard InChI is InChI=1S/C13H10Cl3NO2S/c14-10-2-1-3-11(7-10)17-20(18,19)8-9-4-5-12(15)13(16)6-9/h1-7,17H,8H2. The Morgan fingerprint density at radius 3 is 2.35 bits per heavy atom. The lowest BCUT2D eigenvalue weighted by atomic mass is 10.2. The van der Waals surface area contributed by atoms with Crippen LogP contribution in [0.4, 0.5) is 5.69 Å². The third kappa shape index (κ3) is 4.28. The van der Waals surface area contributed by atoms with E-state index in [-0.39, 0.29) is 5.75 Å². The zero-order valence-electron chi connectivity index (χ0n) is 10.1. The number of benzene rings is 2. The molecule has 0 aliphatic heterocycles. The van der Waals surface area contributed by atoms with E-state index in [2.05, 4.69) is 4.72 Å². The van der Waals surface area contributed by atoms with E-state index < -0.39 is 10.0 Å². The van der Waals surface area contributed by atoms with Crippen LogP contribution in [0, 0.1) is 0 Å². The fourth-order valence-corrected chi connectivity index (χ4v) is 3.30. The van der Waals surface area contributed by atoms with E-state index in [9.17, 15) is 8.42 Å². The quantitative estimate of drug-likeness (QED) is 0.876. The summed E-state index contributed by atoms with van der Waals surface area (Å²) in [6.45, 7) is 0. The first-order valence-corrected chi connectivity index (χ1v) is 8.34. The predicted molar refractivity (Wildman–Crippen MR) is 84.2 cm³/mol. The Hall–Kier alpha value is -0.940. The number of sulfonamides is 1. The summed E-state index contributed by atoms with van der Waals surface area (Å²) in [5.41, 5.74) is 0.964. The molecule has 0 fully saturated rings. The first kappa shape index (κ1) is 15.4. The largest absolute Gasteiger partial charge is 0.283 e. The van der Waals surface area contributed by atoms with Crippen LogP contribution in [0.25, 0.3) is 0 Å². The van der Waals surface area contributed by atoms with E-state index in [1.807, 2.05) is 0 Å². The molecule has 20 heavy (non-hydrogen) atoms. The Balaban J connectivity index is 2.17. The summed E-state index contributed by atoms with van der Waals surface area (Å²) in [7, 11) is -3.54. The summed E-state index contributed by atoms with van der Waals surface area (Å²) in [6, 6.07) is 11.2. The molecule has 106 valence electrons. The number of nitrogens with one attached hydrogen (secondary N) is 1. The zero-order chi connectivity index (χ0) is 14.8. The van der Waals surface area contributed by atoms with Crippen LogP contribution < -0.4 is 4.72 Å². The monoisotopic (exact) mass is 349 g/mol. The predicted octanol–water partition coefficient (Wildman–Crippen LogP) is 4.59. The molecule has 0 atom stereocenters. The van der Waals surface area contributed by atoms with Gasteiger partial charge in [-0.25, -0.2) is 8.42 Å². The van der Waals surface area contributed by atoms with Gasteiger partial charge in [0.2, 0.25) is 10.0 Å². The van der Waals surface area contributed by atoms with Gasteiger partial charge in [-0.2, -0.15) is 0 Å². The second-order valence-electron chi connectivity index (χ2n) is 4.12. The van der Waals surface area contributed by atoms with E-state index in [0.29, 0.717) is 26.3 Å². The van der Waals surface area contributed by atoms with Crippen LogP contribution >= 0.6 is 34.8 Å². The van der Waals surface area contributed by atoms with Gasteiger partial charge in [0.1, 0.15) is 0 Å². The third-order valence-corrected chi connectivity index (χ3v) is 4.67. The highest BCUT2D eigenvalue weighted by molar-refractivity contribution is 7.91. The Labute approximate surface area is 132 Å². The first-order chi connectivity index (χ1) is 9.35. The van der Waals surface area contributed by atoms with E-state index in [1.165, 1.54) is 12.1 Å². The number of hydrogen-bond acceptors (Lipinski definition) is 2. The summed E-state index contributed by atoms with van der Waals surface area (Å²) in [5.74, 6) is -0.198. The SMILES string of the molecule is O=S(=O)(Cc1ccc(Cl)c(Cl)c1)Nc1cccc(Cl)c1. The van der Waals surface area contributed by atoms with Gasteiger partial charge < -0.3 is 0 Å². The minimum Gasteiger partial charge on any atom is -0.283 e. The average molecular weight is 351 g/mol. The second kappa shape index (κ2) is 6.22. The van der Waals surface area contributed by atoms with Crippen molar-refractivity contribution in [3.8, 4) is 0 Å². The smallest absolute Gasteiger partial charge is 0.236 e. The van der Waals surface area contributed by atoms with Crippen LogP contribution in [0.1, 0.15) is 5.56 Å². The Kier molecular flexibility index (Phi) is 4.81. The molecule has 0 aliphatic carbocycles. The molecule has 0 saturated carbocycles. The van der Waals surface area contributed by atoms with Gasteiger partial charge in [-0.15, -0.1) is 0 Å². The fourth-order valence-electron chi connectivity index (χ4n) is 1.62. The molecule has 2 rings (SSSR count). The van der Waals surface area contributed by atoms with Crippen LogP contribution in [0.5, 0.6) is 0 Å². The van der Waals surface area contributed by atoms with Crippen molar-refractivity contribution in [1.29, 1.82) is 0 Å². The number of anilines is 1. The molecule has 3 nitrogen and oxygen atoms in total. The normalized spacial score (nSPS) is 11.3. The minimum atomic E-state index is -3.54. The molecular formula is C13H10Cl3NO2S. The lowest BCUT2D eigenvalue weighted by molar-refractivity contribution is 0.600. The van der Waals surface area contributed by atoms with Gasteiger partial charge in [0, 0.05) is 10.7 Å². The van der Waals surface area contributed by atoms with Crippen molar-refractivity contribution in [3.63, 3.8) is 0 Å². The topological polar surface area (TPSA) is 46.2 Å². The van der Waals surface area contributed by atoms with E-state index in [4.69, 9.17) is 34.8 Å². The van der Waals surface area contributed by atoms with Crippen LogP contribution in [0.2, 0.25) is 15.1 Å². The lowest BCUT2D eigenvalue weighted by Gasteiger charge is -2.09. The van der Waals surface area contributed by atoms with Crippen molar-refractivity contribution in [2.45, 2.75) is 5.75 Å². The molecule has 2 aromatic rings. The van der Waals surface area contributed by atoms with Crippen molar-refractivity contribution in [3.05, 3.63) is 63.1 Å². The molecule has 0 aliphatic rings. The van der Waals surface area contributed by atoms with Gasteiger partial charge in [-0.1, -0.05) is 46.9 Å². The zero-order valence-corrected chi connectivity index (χ0v) is 13.2. The van der Waals surface area contributed by atoms with Gasteiger partial charge in [-0.3, -0.25) is 4.72 Å². The van der Waals surface area contributed by atoms with Gasteiger partial charge in [0.25, 0.3) is 0 Å². The Bertz CT molecular complexity index is 732. The van der Waals surface area contributed by atoms with Crippen molar-refractivity contribution in [2.24, 2.45) is 0 Å². The molecule has 0 spiro atoms. The van der Waals surface area contributed by atoms with E-state index in [1.54, 1.807) is 30.3 Å². The van der Waals surface area contributed by atoms with Crippen molar-refractivity contribution < 1.29 is 8.42 Å². The highest BCUT2D eigenvalue weighted by Gasteiger charge is 2.13. The molecular weight excluding hydrogens is 341 g/mol. The Morgan fingerprint density at radius 1 is 0.950 bits per heavy atom. The fraction of sp³-hybridized carbons (Fsp3) is 0.0769. The summed E-state index contributed by atoms with van der Waals surface area (Å²) in [6.07, 6.45) is 0. The number of rotatable bonds is 4. The van der Waals surface area contributed by atoms with Crippen molar-refractivity contribution in [1.82, 2.24) is 0 Å². The molecule has 0 heterocycles. The molecule has 0 saturated heterocycles. The molecule has 0 amide bonds. The third-order valence-electron chi connectivity index (χ3n) is 2.44. The van der Waals surface area contributed by atoms with Crippen LogP contribution in [-0.4, -0.2) is 8.42 Å². The molecule has 1 N–H and O–H groups in total. The van der Waals surface area contributed by atoms with E-state index in [0.717, 1.165) is 0 Å². The van der Waals surface area contributed by atoms with Gasteiger partial charge >= 0.3 is 0 Å². The summed E-state index contributed by atoms with van der Waals surface area (Å²) in [5, 5.41) is 1.16. The van der Waals surface area contributed by atoms with Crippen LogP contribution in [0.3, 0.4) is 0 Å². The van der Waals surface area contributed by atoms with Crippen molar-refractivity contribution >= 4 is 50.5 Å². The minimum absolute atomic E-state index is 0.198. The van der Waals surface area contributed by atoms with Crippen LogP contribution in [-0.2, 0) is 15.8 Å².